The zero-order chi connectivity index (χ0) is 28.0. The van der Waals surface area contributed by atoms with Gasteiger partial charge in [-0.25, -0.2) is 0 Å². The Morgan fingerprint density at radius 1 is 0.353 bits per heavy atom. The minimum atomic E-state index is -5.84. The molecular weight excluding hydrogens is 752 g/mol. The molecule has 0 spiro atoms. The summed E-state index contributed by atoms with van der Waals surface area (Å²) in [4.78, 5) is 0. The van der Waals surface area contributed by atoms with Gasteiger partial charge in [0.2, 0.25) is 0 Å². The third kappa shape index (κ3) is 23.9. The molecule has 13 nitrogen and oxygen atoms in total. The van der Waals surface area contributed by atoms with Crippen molar-refractivity contribution < 1.29 is 152 Å². The first-order valence-electron chi connectivity index (χ1n) is 5.15. The zero-order valence-electron chi connectivity index (χ0n) is 14.2. The third-order valence-electron chi connectivity index (χ3n) is 1.17. The van der Waals surface area contributed by atoms with Crippen molar-refractivity contribution in [3.05, 3.63) is 0 Å². The molecule has 0 aliphatic rings. The molecule has 0 bridgehead atoms. The average molecular weight is 758 g/mol. The molecule has 0 heterocycles. The number of halogens is 12. The van der Waals surface area contributed by atoms with Gasteiger partial charge in [-0.15, -0.1) is 0 Å². The van der Waals surface area contributed by atoms with Gasteiger partial charge < -0.3 is 5.48 Å². The second-order valence-corrected chi connectivity index (χ2v) is 9.34. The molecular formula is C4H6CeF12O13S4. The predicted molar refractivity (Wildman–Crippen MR) is 74.0 cm³/mol. The molecule has 30 heteroatoms. The van der Waals surface area contributed by atoms with Crippen molar-refractivity contribution in [3.8, 4) is 0 Å². The standard InChI is InChI=1S/4CHF3O3S.Ce.H2O/c4*2-1(3,4)8(5,6)7;;/h4*(H,5,6,7);;1H2. The molecule has 0 fully saturated rings. The Bertz CT molecular complexity index is 830. The van der Waals surface area contributed by atoms with Crippen LogP contribution >= 0.6 is 0 Å². The van der Waals surface area contributed by atoms with Gasteiger partial charge in [0, 0.05) is 41.7 Å². The average Bonchev–Trinajstić information content (AvgIpc) is 2.30. The molecule has 0 aromatic rings. The van der Waals surface area contributed by atoms with Gasteiger partial charge in [0.05, 0.1) is 0 Å². The summed E-state index contributed by atoms with van der Waals surface area (Å²) in [7, 11) is -23.4. The maximum absolute atomic E-state index is 10.7. The summed E-state index contributed by atoms with van der Waals surface area (Å²) < 4.78 is 230. The fourth-order valence-corrected chi connectivity index (χ4v) is 0. The number of alkyl halides is 12. The minimum absolute atomic E-state index is 0. The van der Waals surface area contributed by atoms with E-state index in [4.69, 9.17) is 51.9 Å². The Morgan fingerprint density at radius 2 is 0.382 bits per heavy atom. The largest absolute Gasteiger partial charge is 0.522 e. The quantitative estimate of drug-likeness (QED) is 0.152. The molecule has 0 atom stereocenters. The third-order valence-corrected chi connectivity index (χ3v) is 3.51. The minimum Gasteiger partial charge on any atom is -0.412 e. The van der Waals surface area contributed by atoms with Crippen LogP contribution in [0, 0.1) is 41.7 Å². The van der Waals surface area contributed by atoms with Crippen molar-refractivity contribution in [3.63, 3.8) is 0 Å². The van der Waals surface area contributed by atoms with E-state index in [1.165, 1.54) is 0 Å². The maximum atomic E-state index is 10.7. The molecule has 212 valence electrons. The Kier molecular flexibility index (Phi) is 20.6. The summed E-state index contributed by atoms with van der Waals surface area (Å²) in [5, 5.41) is 0. The van der Waals surface area contributed by atoms with Crippen molar-refractivity contribution >= 4 is 40.5 Å². The van der Waals surface area contributed by atoms with Gasteiger partial charge in [0.25, 0.3) is 0 Å². The molecule has 0 saturated heterocycles. The van der Waals surface area contributed by atoms with E-state index in [0.29, 0.717) is 0 Å². The Morgan fingerprint density at radius 3 is 0.382 bits per heavy atom. The van der Waals surface area contributed by atoms with Crippen LogP contribution in [0.4, 0.5) is 52.7 Å². The van der Waals surface area contributed by atoms with Crippen LogP contribution in [-0.2, 0) is 40.5 Å². The number of hydrogen-bond donors (Lipinski definition) is 4. The van der Waals surface area contributed by atoms with Crippen molar-refractivity contribution in [2.75, 3.05) is 0 Å². The normalized spacial score (nSPS) is 13.2. The molecule has 0 unspecified atom stereocenters. The summed E-state index contributed by atoms with van der Waals surface area (Å²) in [6.07, 6.45) is 0. The zero-order valence-corrected chi connectivity index (χ0v) is 20.6. The molecule has 0 aromatic heterocycles. The van der Waals surface area contributed by atoms with Gasteiger partial charge in [-0.1, -0.05) is 0 Å². The van der Waals surface area contributed by atoms with Crippen LogP contribution in [0.2, 0.25) is 0 Å². The first-order valence-corrected chi connectivity index (χ1v) is 10.9. The van der Waals surface area contributed by atoms with Crippen LogP contribution in [0.1, 0.15) is 0 Å². The first-order chi connectivity index (χ1) is 13.0. The summed E-state index contributed by atoms with van der Waals surface area (Å²) in [6, 6.07) is 0. The van der Waals surface area contributed by atoms with E-state index in [0.717, 1.165) is 0 Å². The summed E-state index contributed by atoms with van der Waals surface area (Å²) in [5.74, 6) is 0. The first kappa shape index (κ1) is 47.3. The van der Waals surface area contributed by atoms with Crippen LogP contribution in [0.25, 0.3) is 0 Å². The number of rotatable bonds is 0. The molecule has 0 saturated carbocycles. The SMILES string of the molecule is O.O=S(=O)(O)C(F)(F)F.O=S(=O)(O)C(F)(F)F.O=S(=O)(O)C(F)(F)F.O=S(=O)(O)C(F)(F)F.[Ce]. The van der Waals surface area contributed by atoms with Crippen LogP contribution < -0.4 is 0 Å². The molecule has 34 heavy (non-hydrogen) atoms. The van der Waals surface area contributed by atoms with Crippen molar-refractivity contribution in [1.82, 2.24) is 0 Å². The van der Waals surface area contributed by atoms with Crippen molar-refractivity contribution in [1.29, 1.82) is 0 Å². The summed E-state index contributed by atoms with van der Waals surface area (Å²) in [6.45, 7) is 0. The van der Waals surface area contributed by atoms with Crippen LogP contribution in [0.15, 0.2) is 0 Å². The second-order valence-electron chi connectivity index (χ2n) is 3.68. The van der Waals surface area contributed by atoms with E-state index in [-0.39, 0.29) is 47.2 Å². The molecule has 0 amide bonds. The van der Waals surface area contributed by atoms with E-state index in [1.807, 2.05) is 0 Å². The molecule has 0 aromatic carbocycles. The van der Waals surface area contributed by atoms with Gasteiger partial charge in [-0.2, -0.15) is 86.4 Å². The van der Waals surface area contributed by atoms with Gasteiger partial charge in [-0.05, 0) is 0 Å². The Hall–Kier alpha value is 0.137. The van der Waals surface area contributed by atoms with E-state index in [2.05, 4.69) is 0 Å². The second kappa shape index (κ2) is 14.8. The Balaban J connectivity index is -0.0000000754. The molecule has 0 radical (unpaired) electrons. The summed E-state index contributed by atoms with van der Waals surface area (Å²) >= 11 is 0. The van der Waals surface area contributed by atoms with E-state index >= 15 is 0 Å². The van der Waals surface area contributed by atoms with Gasteiger partial charge in [-0.3, -0.25) is 18.2 Å². The molecule has 0 rings (SSSR count). The maximum Gasteiger partial charge on any atom is 0.522 e. The predicted octanol–water partition coefficient (Wildman–Crippen LogP) is 0.751. The Labute approximate surface area is 213 Å². The molecule has 0 aliphatic heterocycles. The van der Waals surface area contributed by atoms with Crippen LogP contribution in [-0.4, -0.2) is 79.4 Å². The molecule has 6 N–H and O–H groups in total. The van der Waals surface area contributed by atoms with E-state index < -0.39 is 62.5 Å². The fourth-order valence-electron chi connectivity index (χ4n) is 0. The van der Waals surface area contributed by atoms with Crippen LogP contribution in [0.5, 0.6) is 0 Å². The van der Waals surface area contributed by atoms with Crippen LogP contribution in [0.3, 0.4) is 0 Å². The van der Waals surface area contributed by atoms with Crippen molar-refractivity contribution in [2.24, 2.45) is 0 Å². The van der Waals surface area contributed by atoms with Gasteiger partial charge in [0.1, 0.15) is 0 Å². The van der Waals surface area contributed by atoms with Gasteiger partial charge >= 0.3 is 62.5 Å². The monoisotopic (exact) mass is 758 g/mol. The topological polar surface area (TPSA) is 249 Å². The van der Waals surface area contributed by atoms with E-state index in [1.54, 1.807) is 0 Å². The fraction of sp³-hybridized carbons (Fsp3) is 1.00. The summed E-state index contributed by atoms with van der Waals surface area (Å²) in [5.41, 5.74) is -22.1. The number of hydrogen-bond acceptors (Lipinski definition) is 8. The van der Waals surface area contributed by atoms with Crippen molar-refractivity contribution in [2.45, 2.75) is 22.0 Å². The molecule has 0 aliphatic carbocycles. The smallest absolute Gasteiger partial charge is 0.412 e. The van der Waals surface area contributed by atoms with E-state index in [9.17, 15) is 52.7 Å². The van der Waals surface area contributed by atoms with Gasteiger partial charge in [0.15, 0.2) is 0 Å².